The molecule has 1 heterocycles. The lowest BCUT2D eigenvalue weighted by Gasteiger charge is -1.99. The Morgan fingerprint density at radius 1 is 1.67 bits per heavy atom. The van der Waals surface area contributed by atoms with Crippen molar-refractivity contribution in [3.05, 3.63) is 23.9 Å². The van der Waals surface area contributed by atoms with E-state index in [1.165, 1.54) is 0 Å². The van der Waals surface area contributed by atoms with Crippen molar-refractivity contribution >= 4 is 18.0 Å². The highest BCUT2D eigenvalue weighted by atomic mass is 16.2. The van der Waals surface area contributed by atoms with Crippen LogP contribution in [0.1, 0.15) is 5.56 Å². The Labute approximate surface area is 69.6 Å². The van der Waals surface area contributed by atoms with E-state index in [4.69, 9.17) is 0 Å². The van der Waals surface area contributed by atoms with Crippen molar-refractivity contribution in [1.29, 1.82) is 0 Å². The van der Waals surface area contributed by atoms with Gasteiger partial charge < -0.3 is 5.32 Å². The number of hydrogen-bond acceptors (Lipinski definition) is 3. The summed E-state index contributed by atoms with van der Waals surface area (Å²) in [6, 6.07) is 3.48. The molecular formula is C8H8N2O2. The van der Waals surface area contributed by atoms with Crippen molar-refractivity contribution in [3.8, 4) is 0 Å². The molecule has 1 rings (SSSR count). The smallest absolute Gasteiger partial charge is 0.289 e. The Morgan fingerprint density at radius 2 is 2.42 bits per heavy atom. The van der Waals surface area contributed by atoms with Gasteiger partial charge in [-0.3, -0.25) is 9.59 Å². The Hall–Kier alpha value is -1.71. The maximum atomic E-state index is 10.6. The van der Waals surface area contributed by atoms with Crippen LogP contribution in [0.5, 0.6) is 0 Å². The fourth-order valence-corrected chi connectivity index (χ4v) is 0.760. The van der Waals surface area contributed by atoms with E-state index in [2.05, 4.69) is 10.3 Å². The molecule has 0 aromatic carbocycles. The minimum absolute atomic E-state index is 0.212. The van der Waals surface area contributed by atoms with E-state index in [1.54, 1.807) is 18.3 Å². The second kappa shape index (κ2) is 3.61. The van der Waals surface area contributed by atoms with Crippen LogP contribution in [0.15, 0.2) is 18.3 Å². The molecule has 12 heavy (non-hydrogen) atoms. The molecule has 1 aromatic heterocycles. The molecule has 1 amide bonds. The van der Waals surface area contributed by atoms with Gasteiger partial charge in [0.2, 0.25) is 6.29 Å². The van der Waals surface area contributed by atoms with E-state index in [9.17, 15) is 9.59 Å². The largest absolute Gasteiger partial charge is 0.304 e. The molecule has 4 nitrogen and oxygen atoms in total. The van der Waals surface area contributed by atoms with Gasteiger partial charge in [0.1, 0.15) is 5.82 Å². The van der Waals surface area contributed by atoms with Gasteiger partial charge in [0, 0.05) is 6.20 Å². The standard InChI is InChI=1S/C8H8N2O2/c1-6-2-3-9-7(4-6)10-8(12)5-11/h2-5H,1H3,(H,9,10,12). The topological polar surface area (TPSA) is 59.1 Å². The number of nitrogens with one attached hydrogen (secondary N) is 1. The Kier molecular flexibility index (Phi) is 2.53. The van der Waals surface area contributed by atoms with Crippen LogP contribution in [0.4, 0.5) is 5.82 Å². The predicted molar refractivity (Wildman–Crippen MR) is 43.7 cm³/mol. The highest BCUT2D eigenvalue weighted by Crippen LogP contribution is 2.03. The number of pyridine rings is 1. The molecule has 0 radical (unpaired) electrons. The average molecular weight is 164 g/mol. The Morgan fingerprint density at radius 3 is 3.00 bits per heavy atom. The van der Waals surface area contributed by atoms with Crippen molar-refractivity contribution in [1.82, 2.24) is 4.98 Å². The van der Waals surface area contributed by atoms with Gasteiger partial charge in [-0.05, 0) is 24.6 Å². The first-order valence-electron chi connectivity index (χ1n) is 3.41. The van der Waals surface area contributed by atoms with Crippen LogP contribution in [-0.2, 0) is 9.59 Å². The van der Waals surface area contributed by atoms with Gasteiger partial charge in [0.15, 0.2) is 0 Å². The maximum Gasteiger partial charge on any atom is 0.289 e. The molecule has 0 aliphatic rings. The molecule has 1 aromatic rings. The van der Waals surface area contributed by atoms with Crippen LogP contribution in [0.25, 0.3) is 0 Å². The predicted octanol–water partition coefficient (Wildman–Crippen LogP) is 0.527. The fourth-order valence-electron chi connectivity index (χ4n) is 0.760. The third-order valence-corrected chi connectivity index (χ3v) is 1.27. The highest BCUT2D eigenvalue weighted by Gasteiger charge is 1.99. The number of carbonyl (C=O) groups is 2. The third kappa shape index (κ3) is 2.16. The van der Waals surface area contributed by atoms with Gasteiger partial charge >= 0.3 is 0 Å². The van der Waals surface area contributed by atoms with E-state index in [0.29, 0.717) is 5.82 Å². The van der Waals surface area contributed by atoms with E-state index < -0.39 is 5.91 Å². The molecular weight excluding hydrogens is 156 g/mol. The maximum absolute atomic E-state index is 10.6. The number of aldehydes is 1. The summed E-state index contributed by atoms with van der Waals surface area (Å²) >= 11 is 0. The SMILES string of the molecule is Cc1ccnc(NC(=O)C=O)c1. The first-order chi connectivity index (χ1) is 5.72. The molecule has 0 unspecified atom stereocenters. The van der Waals surface area contributed by atoms with Crippen molar-refractivity contribution in [2.45, 2.75) is 6.92 Å². The van der Waals surface area contributed by atoms with Gasteiger partial charge in [-0.25, -0.2) is 4.98 Å². The van der Waals surface area contributed by atoms with Crippen LogP contribution < -0.4 is 5.32 Å². The molecule has 0 saturated heterocycles. The summed E-state index contributed by atoms with van der Waals surface area (Å²) in [5, 5.41) is 2.31. The molecule has 0 atom stereocenters. The van der Waals surface area contributed by atoms with Gasteiger partial charge in [0.05, 0.1) is 0 Å². The number of hydrogen-bond donors (Lipinski definition) is 1. The summed E-state index contributed by atoms with van der Waals surface area (Å²) in [7, 11) is 0. The zero-order chi connectivity index (χ0) is 8.97. The number of carbonyl (C=O) groups excluding carboxylic acids is 2. The van der Waals surface area contributed by atoms with Crippen molar-refractivity contribution in [2.75, 3.05) is 5.32 Å². The normalized spacial score (nSPS) is 9.08. The monoisotopic (exact) mass is 164 g/mol. The molecule has 0 saturated carbocycles. The Balaban J connectivity index is 2.76. The zero-order valence-corrected chi connectivity index (χ0v) is 6.57. The quantitative estimate of drug-likeness (QED) is 0.512. The van der Waals surface area contributed by atoms with Crippen LogP contribution in [0.2, 0.25) is 0 Å². The van der Waals surface area contributed by atoms with Crippen molar-refractivity contribution in [2.24, 2.45) is 0 Å². The Bertz CT molecular complexity index is 310. The van der Waals surface area contributed by atoms with E-state index in [0.717, 1.165) is 5.56 Å². The van der Waals surface area contributed by atoms with Gasteiger partial charge in [-0.2, -0.15) is 0 Å². The summed E-state index contributed by atoms with van der Waals surface area (Å²) < 4.78 is 0. The van der Waals surface area contributed by atoms with Gasteiger partial charge in [-0.1, -0.05) is 0 Å². The van der Waals surface area contributed by atoms with Crippen molar-refractivity contribution in [3.63, 3.8) is 0 Å². The number of amides is 1. The third-order valence-electron chi connectivity index (χ3n) is 1.27. The molecule has 1 N–H and O–H groups in total. The van der Waals surface area contributed by atoms with Crippen LogP contribution >= 0.6 is 0 Å². The van der Waals surface area contributed by atoms with E-state index in [1.807, 2.05) is 6.92 Å². The second-order valence-corrected chi connectivity index (χ2v) is 2.33. The number of rotatable bonds is 2. The summed E-state index contributed by atoms with van der Waals surface area (Å²) in [5.74, 6) is -0.291. The molecule has 0 spiro atoms. The lowest BCUT2D eigenvalue weighted by molar-refractivity contribution is -0.127. The number of nitrogens with zero attached hydrogens (tertiary/aromatic N) is 1. The van der Waals surface area contributed by atoms with Crippen LogP contribution in [0, 0.1) is 6.92 Å². The van der Waals surface area contributed by atoms with E-state index in [-0.39, 0.29) is 6.29 Å². The molecule has 62 valence electrons. The minimum Gasteiger partial charge on any atom is -0.304 e. The summed E-state index contributed by atoms with van der Waals surface area (Å²) in [6.07, 6.45) is 1.78. The van der Waals surface area contributed by atoms with Crippen LogP contribution in [0.3, 0.4) is 0 Å². The minimum atomic E-state index is -0.687. The molecule has 4 heteroatoms. The van der Waals surface area contributed by atoms with Crippen LogP contribution in [-0.4, -0.2) is 17.2 Å². The first kappa shape index (κ1) is 8.39. The van der Waals surface area contributed by atoms with Gasteiger partial charge in [0.25, 0.3) is 5.91 Å². The van der Waals surface area contributed by atoms with E-state index >= 15 is 0 Å². The summed E-state index contributed by atoms with van der Waals surface area (Å²) in [5.41, 5.74) is 0.978. The fraction of sp³-hybridized carbons (Fsp3) is 0.125. The van der Waals surface area contributed by atoms with Gasteiger partial charge in [-0.15, -0.1) is 0 Å². The number of aryl methyl sites for hydroxylation is 1. The number of anilines is 1. The molecule has 0 aliphatic heterocycles. The average Bonchev–Trinajstić information content (AvgIpc) is 2.04. The highest BCUT2D eigenvalue weighted by molar-refractivity contribution is 6.29. The lowest BCUT2D eigenvalue weighted by atomic mass is 10.3. The molecule has 0 bridgehead atoms. The molecule has 0 aliphatic carbocycles. The lowest BCUT2D eigenvalue weighted by Crippen LogP contribution is -2.13. The second-order valence-electron chi connectivity index (χ2n) is 2.33. The summed E-state index contributed by atoms with van der Waals surface area (Å²) in [4.78, 5) is 24.4. The first-order valence-corrected chi connectivity index (χ1v) is 3.41. The number of aromatic nitrogens is 1. The molecule has 0 fully saturated rings. The summed E-state index contributed by atoms with van der Waals surface area (Å²) in [6.45, 7) is 1.87. The van der Waals surface area contributed by atoms with Crippen molar-refractivity contribution < 1.29 is 9.59 Å². The zero-order valence-electron chi connectivity index (χ0n) is 6.57.